The first-order valence-corrected chi connectivity index (χ1v) is 6.93. The summed E-state index contributed by atoms with van der Waals surface area (Å²) < 4.78 is 62.4. The van der Waals surface area contributed by atoms with Gasteiger partial charge >= 0.3 is 10.2 Å². The summed E-state index contributed by atoms with van der Waals surface area (Å²) in [6.45, 7) is 0. The molecule has 0 bridgehead atoms. The van der Waals surface area contributed by atoms with E-state index in [0.717, 1.165) is 0 Å². The van der Waals surface area contributed by atoms with E-state index in [2.05, 4.69) is 0 Å². The number of hydrogen-bond acceptors (Lipinski definition) is 2. The van der Waals surface area contributed by atoms with E-state index >= 15 is 0 Å². The minimum atomic E-state index is -9.82. The molecule has 0 aliphatic rings. The third-order valence-corrected chi connectivity index (χ3v) is 3.49. The summed E-state index contributed by atoms with van der Waals surface area (Å²) in [7, 11) is -9.82. The predicted octanol–water partition coefficient (Wildman–Crippen LogP) is 4.51. The molecule has 10 heteroatoms. The molecule has 0 amide bonds. The number of carbonyl (C=O) groups excluding carboxylic acids is 1. The van der Waals surface area contributed by atoms with Crippen LogP contribution in [0.1, 0.15) is 16.8 Å². The van der Waals surface area contributed by atoms with Gasteiger partial charge in [-0.15, -0.1) is 0 Å². The standard InChI is InChI=1S/C9H8ClF5N2OS/c10-7-3-5(19(11,12,13,14)15)1-2-6(7)8(18)4-9(16)17/h1-3H,4H2,(H3,16,17). The Kier molecular flexibility index (Phi) is 3.16. The van der Waals surface area contributed by atoms with Crippen molar-refractivity contribution >= 4 is 33.4 Å². The lowest BCUT2D eigenvalue weighted by atomic mass is 10.1. The van der Waals surface area contributed by atoms with E-state index in [0.29, 0.717) is 6.07 Å². The maximum Gasteiger partial charge on any atom is 0.310 e. The van der Waals surface area contributed by atoms with Gasteiger partial charge in [0.05, 0.1) is 17.3 Å². The van der Waals surface area contributed by atoms with Crippen LogP contribution in [0, 0.1) is 5.41 Å². The number of nitrogens with two attached hydrogens (primary N) is 1. The van der Waals surface area contributed by atoms with Crippen molar-refractivity contribution in [3.63, 3.8) is 0 Å². The monoisotopic (exact) mass is 322 g/mol. The van der Waals surface area contributed by atoms with Crippen LogP contribution in [0.3, 0.4) is 0 Å². The van der Waals surface area contributed by atoms with Crippen molar-refractivity contribution in [2.45, 2.75) is 11.3 Å². The highest BCUT2D eigenvalue weighted by Crippen LogP contribution is 3.02. The molecule has 3 N–H and O–H groups in total. The Balaban J connectivity index is 3.28. The highest BCUT2D eigenvalue weighted by Gasteiger charge is 2.65. The van der Waals surface area contributed by atoms with Crippen LogP contribution < -0.4 is 5.73 Å². The van der Waals surface area contributed by atoms with E-state index in [-0.39, 0.29) is 12.1 Å². The van der Waals surface area contributed by atoms with Crippen LogP contribution in [-0.4, -0.2) is 11.6 Å². The third kappa shape index (κ3) is 4.06. The first kappa shape index (κ1) is 15.7. The largest absolute Gasteiger partial charge is 0.387 e. The van der Waals surface area contributed by atoms with Crippen LogP contribution in [0.5, 0.6) is 0 Å². The van der Waals surface area contributed by atoms with Gasteiger partial charge in [0, 0.05) is 5.56 Å². The Hall–Kier alpha value is -1.35. The second-order valence-electron chi connectivity index (χ2n) is 3.74. The average molecular weight is 323 g/mol. The first-order valence-electron chi connectivity index (χ1n) is 4.60. The fraction of sp³-hybridized carbons (Fsp3) is 0.111. The van der Waals surface area contributed by atoms with E-state index < -0.39 is 43.7 Å². The van der Waals surface area contributed by atoms with E-state index in [1.807, 2.05) is 0 Å². The molecule has 0 aliphatic carbocycles. The number of benzene rings is 1. The Morgan fingerprint density at radius 1 is 1.26 bits per heavy atom. The molecule has 0 heterocycles. The van der Waals surface area contributed by atoms with Gasteiger partial charge in [-0.3, -0.25) is 10.2 Å². The number of amidine groups is 1. The lowest BCUT2D eigenvalue weighted by molar-refractivity contribution is 0.1000. The second kappa shape index (κ2) is 3.83. The number of halogens is 6. The van der Waals surface area contributed by atoms with Gasteiger partial charge in [-0.2, -0.15) is 0 Å². The summed E-state index contributed by atoms with van der Waals surface area (Å²) >= 11 is 5.39. The summed E-state index contributed by atoms with van der Waals surface area (Å²) in [5.41, 5.74) is 4.55. The topological polar surface area (TPSA) is 66.9 Å². The molecule has 0 unspecified atom stereocenters. The molecule has 0 fully saturated rings. The van der Waals surface area contributed by atoms with Crippen LogP contribution in [0.2, 0.25) is 5.02 Å². The van der Waals surface area contributed by atoms with Crippen LogP contribution in [-0.2, 0) is 0 Å². The molecule has 108 valence electrons. The highest BCUT2D eigenvalue weighted by atomic mass is 35.5. The zero-order valence-electron chi connectivity index (χ0n) is 9.10. The summed E-state index contributed by atoms with van der Waals surface area (Å²) in [5.74, 6) is -1.34. The van der Waals surface area contributed by atoms with Crippen molar-refractivity contribution in [2.75, 3.05) is 0 Å². The molecule has 0 spiro atoms. The minimum Gasteiger partial charge on any atom is -0.387 e. The van der Waals surface area contributed by atoms with Gasteiger partial charge in [0.2, 0.25) is 0 Å². The third-order valence-electron chi connectivity index (χ3n) is 2.04. The van der Waals surface area contributed by atoms with E-state index in [1.165, 1.54) is 0 Å². The Morgan fingerprint density at radius 2 is 1.79 bits per heavy atom. The summed E-state index contributed by atoms with van der Waals surface area (Å²) in [6.07, 6.45) is -0.560. The molecule has 0 atom stereocenters. The number of Topliss-reactive ketones (excluding diaryl/α,β-unsaturated/α-hetero) is 1. The fourth-order valence-corrected chi connectivity index (χ4v) is 2.25. The molecule has 0 aliphatic heterocycles. The fourth-order valence-electron chi connectivity index (χ4n) is 1.23. The molecule has 0 radical (unpaired) electrons. The SMILES string of the molecule is N=C(N)CC(=O)c1ccc(S(F)(F)(F)(F)F)cc1Cl. The van der Waals surface area contributed by atoms with Crippen molar-refractivity contribution < 1.29 is 24.2 Å². The summed E-state index contributed by atoms with van der Waals surface area (Å²) in [4.78, 5) is 9.26. The number of rotatable bonds is 4. The van der Waals surface area contributed by atoms with Gasteiger partial charge in [0.25, 0.3) is 0 Å². The van der Waals surface area contributed by atoms with Gasteiger partial charge in [0.15, 0.2) is 5.78 Å². The normalized spacial score (nSPS) is 15.5. The van der Waals surface area contributed by atoms with Crippen LogP contribution in [0.4, 0.5) is 19.4 Å². The molecule has 0 aromatic heterocycles. The molecule has 1 rings (SSSR count). The quantitative estimate of drug-likeness (QED) is 0.371. The van der Waals surface area contributed by atoms with Crippen LogP contribution in [0.15, 0.2) is 23.1 Å². The number of hydrogen-bond donors (Lipinski definition) is 2. The highest BCUT2D eigenvalue weighted by molar-refractivity contribution is 8.45. The Morgan fingerprint density at radius 3 is 2.16 bits per heavy atom. The maximum atomic E-state index is 12.5. The van der Waals surface area contributed by atoms with Gasteiger partial charge in [-0.1, -0.05) is 31.0 Å². The van der Waals surface area contributed by atoms with Crippen molar-refractivity contribution in [1.29, 1.82) is 5.41 Å². The van der Waals surface area contributed by atoms with Crippen molar-refractivity contribution in [2.24, 2.45) is 5.73 Å². The van der Waals surface area contributed by atoms with E-state index in [1.54, 1.807) is 0 Å². The predicted molar refractivity (Wildman–Crippen MR) is 63.7 cm³/mol. The Labute approximate surface area is 109 Å². The molecular weight excluding hydrogens is 315 g/mol. The number of nitrogens with one attached hydrogen (secondary N) is 1. The zero-order valence-corrected chi connectivity index (χ0v) is 10.7. The lowest BCUT2D eigenvalue weighted by Gasteiger charge is -2.40. The van der Waals surface area contributed by atoms with Gasteiger partial charge in [-0.25, -0.2) is 0 Å². The van der Waals surface area contributed by atoms with Crippen molar-refractivity contribution in [3.8, 4) is 0 Å². The van der Waals surface area contributed by atoms with Crippen LogP contribution in [0.25, 0.3) is 0 Å². The Bertz CT molecular complexity index is 571. The van der Waals surface area contributed by atoms with E-state index in [4.69, 9.17) is 22.7 Å². The molecule has 19 heavy (non-hydrogen) atoms. The molecule has 3 nitrogen and oxygen atoms in total. The van der Waals surface area contributed by atoms with Gasteiger partial charge in [0.1, 0.15) is 4.90 Å². The molecule has 1 aromatic rings. The second-order valence-corrected chi connectivity index (χ2v) is 6.55. The van der Waals surface area contributed by atoms with Crippen LogP contribution >= 0.6 is 21.8 Å². The lowest BCUT2D eigenvalue weighted by Crippen LogP contribution is -2.16. The molecular formula is C9H8ClF5N2OS. The smallest absolute Gasteiger partial charge is 0.310 e. The van der Waals surface area contributed by atoms with Crippen molar-refractivity contribution in [3.05, 3.63) is 28.8 Å². The summed E-state index contributed by atoms with van der Waals surface area (Å²) in [5, 5.41) is 6.10. The van der Waals surface area contributed by atoms with Gasteiger partial charge < -0.3 is 5.73 Å². The van der Waals surface area contributed by atoms with E-state index in [9.17, 15) is 24.2 Å². The average Bonchev–Trinajstić information content (AvgIpc) is 2.12. The number of ketones is 1. The first-order chi connectivity index (χ1) is 8.20. The summed E-state index contributed by atoms with van der Waals surface area (Å²) in [6, 6.07) is 0.623. The zero-order chi connectivity index (χ0) is 15.1. The molecule has 0 saturated heterocycles. The molecule has 1 aromatic carbocycles. The molecule has 0 saturated carbocycles. The minimum absolute atomic E-state index is 0.00349. The van der Waals surface area contributed by atoms with Gasteiger partial charge in [-0.05, 0) is 18.2 Å². The number of carbonyl (C=O) groups is 1. The van der Waals surface area contributed by atoms with Crippen molar-refractivity contribution in [1.82, 2.24) is 0 Å². The maximum absolute atomic E-state index is 12.5.